The fourth-order valence-electron chi connectivity index (χ4n) is 3.49. The molecule has 3 rings (SSSR count). The summed E-state index contributed by atoms with van der Waals surface area (Å²) in [4.78, 5) is 16.5. The number of nitrogens with zero attached hydrogens (tertiary/aromatic N) is 1. The third kappa shape index (κ3) is 3.98. The van der Waals surface area contributed by atoms with Crippen LogP contribution in [-0.4, -0.2) is 31.5 Å². The second-order valence-corrected chi connectivity index (χ2v) is 6.78. The predicted molar refractivity (Wildman–Crippen MR) is 94.9 cm³/mol. The summed E-state index contributed by atoms with van der Waals surface area (Å²) < 4.78 is 10.9. The van der Waals surface area contributed by atoms with Crippen LogP contribution in [0.1, 0.15) is 61.8 Å². The highest BCUT2D eigenvalue weighted by atomic mass is 35.5. The SMILES string of the molecule is CCOC(=O)Cc1c(Cl)ccc2c1C=NC2CCC1CCCCO1. The molecule has 0 N–H and O–H groups in total. The van der Waals surface area contributed by atoms with Gasteiger partial charge in [-0.2, -0.15) is 0 Å². The average Bonchev–Trinajstić information content (AvgIpc) is 3.00. The van der Waals surface area contributed by atoms with Gasteiger partial charge in [-0.25, -0.2) is 0 Å². The Balaban J connectivity index is 1.69. The highest BCUT2D eigenvalue weighted by Crippen LogP contribution is 2.36. The fourth-order valence-corrected chi connectivity index (χ4v) is 3.72. The van der Waals surface area contributed by atoms with E-state index in [1.165, 1.54) is 12.8 Å². The van der Waals surface area contributed by atoms with Gasteiger partial charge in [-0.3, -0.25) is 9.79 Å². The number of esters is 1. The lowest BCUT2D eigenvalue weighted by atomic mass is 9.93. The Labute approximate surface area is 148 Å². The zero-order valence-electron chi connectivity index (χ0n) is 14.1. The first-order chi connectivity index (χ1) is 11.7. The minimum atomic E-state index is -0.250. The van der Waals surface area contributed by atoms with Crippen molar-refractivity contribution in [2.75, 3.05) is 13.2 Å². The number of halogens is 1. The number of carbonyl (C=O) groups excluding carboxylic acids is 1. The van der Waals surface area contributed by atoms with E-state index < -0.39 is 0 Å². The van der Waals surface area contributed by atoms with Crippen LogP contribution in [0.15, 0.2) is 17.1 Å². The molecule has 0 bridgehead atoms. The minimum absolute atomic E-state index is 0.142. The van der Waals surface area contributed by atoms with E-state index in [1.807, 2.05) is 18.3 Å². The van der Waals surface area contributed by atoms with E-state index in [2.05, 4.69) is 4.99 Å². The lowest BCUT2D eigenvalue weighted by Gasteiger charge is -2.23. The second kappa shape index (κ2) is 8.13. The van der Waals surface area contributed by atoms with Crippen molar-refractivity contribution in [2.24, 2.45) is 4.99 Å². The molecule has 2 atom stereocenters. The quantitative estimate of drug-likeness (QED) is 0.720. The van der Waals surface area contributed by atoms with Crippen LogP contribution in [0.25, 0.3) is 0 Å². The molecular formula is C19H24ClNO3. The van der Waals surface area contributed by atoms with Gasteiger partial charge in [0.15, 0.2) is 0 Å². The molecule has 2 heterocycles. The topological polar surface area (TPSA) is 47.9 Å². The number of aliphatic imine (C=N–C) groups is 1. The summed E-state index contributed by atoms with van der Waals surface area (Å²) in [6.07, 6.45) is 8.00. The molecule has 1 saturated heterocycles. The highest BCUT2D eigenvalue weighted by molar-refractivity contribution is 6.32. The standard InChI is InChI=1S/C19H24ClNO3/c1-2-23-19(22)11-15-16-12-21-18(14(16)7-8-17(15)20)9-6-13-5-3-4-10-24-13/h7-8,12-13,18H,2-6,9-11H2,1H3. The van der Waals surface area contributed by atoms with Gasteiger partial charge in [-0.15, -0.1) is 0 Å². The molecule has 1 fully saturated rings. The van der Waals surface area contributed by atoms with E-state index in [0.717, 1.165) is 42.6 Å². The Bertz CT molecular complexity index is 623. The molecule has 2 aliphatic rings. The lowest BCUT2D eigenvalue weighted by molar-refractivity contribution is -0.142. The van der Waals surface area contributed by atoms with Crippen LogP contribution in [0.3, 0.4) is 0 Å². The summed E-state index contributed by atoms with van der Waals surface area (Å²) in [5.41, 5.74) is 2.98. The van der Waals surface area contributed by atoms with Crippen LogP contribution in [-0.2, 0) is 20.7 Å². The Morgan fingerprint density at radius 3 is 3.00 bits per heavy atom. The summed E-state index contributed by atoms with van der Waals surface area (Å²) in [5.74, 6) is -0.250. The largest absolute Gasteiger partial charge is 0.466 e. The number of hydrogen-bond acceptors (Lipinski definition) is 4. The maximum atomic E-state index is 11.8. The zero-order valence-corrected chi connectivity index (χ0v) is 14.8. The average molecular weight is 350 g/mol. The number of fused-ring (bicyclic) bond motifs is 1. The van der Waals surface area contributed by atoms with Crippen LogP contribution < -0.4 is 0 Å². The summed E-state index contributed by atoms with van der Waals surface area (Å²) in [5, 5.41) is 0.601. The van der Waals surface area contributed by atoms with Gasteiger partial charge in [0.1, 0.15) is 0 Å². The molecule has 2 unspecified atom stereocenters. The van der Waals surface area contributed by atoms with E-state index >= 15 is 0 Å². The van der Waals surface area contributed by atoms with Gasteiger partial charge in [-0.05, 0) is 56.2 Å². The van der Waals surface area contributed by atoms with E-state index in [1.54, 1.807) is 6.92 Å². The molecule has 0 saturated carbocycles. The molecular weight excluding hydrogens is 326 g/mol. The van der Waals surface area contributed by atoms with Crippen LogP contribution in [0.2, 0.25) is 5.02 Å². The number of rotatable bonds is 6. The number of hydrogen-bond donors (Lipinski definition) is 0. The maximum Gasteiger partial charge on any atom is 0.310 e. The Morgan fingerprint density at radius 1 is 1.38 bits per heavy atom. The highest BCUT2D eigenvalue weighted by Gasteiger charge is 2.25. The summed E-state index contributed by atoms with van der Waals surface area (Å²) in [6, 6.07) is 4.04. The molecule has 0 aromatic heterocycles. The molecule has 130 valence electrons. The summed E-state index contributed by atoms with van der Waals surface area (Å²) >= 11 is 6.31. The van der Waals surface area contributed by atoms with Crippen LogP contribution in [0.5, 0.6) is 0 Å². The van der Waals surface area contributed by atoms with Crippen LogP contribution in [0, 0.1) is 0 Å². The Morgan fingerprint density at radius 2 is 2.25 bits per heavy atom. The molecule has 1 aromatic carbocycles. The van der Waals surface area contributed by atoms with Gasteiger partial charge in [0.05, 0.1) is 25.2 Å². The van der Waals surface area contributed by atoms with Crippen LogP contribution in [0.4, 0.5) is 0 Å². The molecule has 24 heavy (non-hydrogen) atoms. The first kappa shape index (κ1) is 17.4. The van der Waals surface area contributed by atoms with Crippen molar-refractivity contribution in [3.05, 3.63) is 33.8 Å². The van der Waals surface area contributed by atoms with E-state index in [9.17, 15) is 4.79 Å². The summed E-state index contributed by atoms with van der Waals surface area (Å²) in [7, 11) is 0. The number of carbonyl (C=O) groups is 1. The molecule has 1 aromatic rings. The van der Waals surface area contributed by atoms with Crippen molar-refractivity contribution in [1.82, 2.24) is 0 Å². The minimum Gasteiger partial charge on any atom is -0.466 e. The summed E-state index contributed by atoms with van der Waals surface area (Å²) in [6.45, 7) is 3.07. The van der Waals surface area contributed by atoms with E-state index in [-0.39, 0.29) is 18.4 Å². The first-order valence-electron chi connectivity index (χ1n) is 8.80. The van der Waals surface area contributed by atoms with Crippen molar-refractivity contribution in [3.8, 4) is 0 Å². The molecule has 0 spiro atoms. The predicted octanol–water partition coefficient (Wildman–Crippen LogP) is 4.27. The van der Waals surface area contributed by atoms with Gasteiger partial charge in [0.25, 0.3) is 0 Å². The molecule has 2 aliphatic heterocycles. The van der Waals surface area contributed by atoms with E-state index in [0.29, 0.717) is 17.7 Å². The monoisotopic (exact) mass is 349 g/mol. The van der Waals surface area contributed by atoms with Gasteiger partial charge in [0.2, 0.25) is 0 Å². The maximum absolute atomic E-state index is 11.8. The molecule has 0 aliphatic carbocycles. The second-order valence-electron chi connectivity index (χ2n) is 6.37. The molecule has 0 radical (unpaired) electrons. The molecule has 4 nitrogen and oxygen atoms in total. The third-order valence-electron chi connectivity index (χ3n) is 4.74. The lowest BCUT2D eigenvalue weighted by Crippen LogP contribution is -2.19. The molecule has 5 heteroatoms. The zero-order chi connectivity index (χ0) is 16.9. The number of benzene rings is 1. The normalized spacial score (nSPS) is 22.4. The van der Waals surface area contributed by atoms with Gasteiger partial charge < -0.3 is 9.47 Å². The fraction of sp³-hybridized carbons (Fsp3) is 0.579. The smallest absolute Gasteiger partial charge is 0.310 e. The van der Waals surface area contributed by atoms with Crippen molar-refractivity contribution >= 4 is 23.8 Å². The van der Waals surface area contributed by atoms with Gasteiger partial charge >= 0.3 is 5.97 Å². The van der Waals surface area contributed by atoms with Crippen molar-refractivity contribution in [3.63, 3.8) is 0 Å². The van der Waals surface area contributed by atoms with E-state index in [4.69, 9.17) is 21.1 Å². The van der Waals surface area contributed by atoms with Gasteiger partial charge in [-0.1, -0.05) is 17.7 Å². The van der Waals surface area contributed by atoms with Gasteiger partial charge in [0, 0.05) is 23.4 Å². The number of ether oxygens (including phenoxy) is 2. The van der Waals surface area contributed by atoms with Crippen molar-refractivity contribution < 1.29 is 14.3 Å². The first-order valence-corrected chi connectivity index (χ1v) is 9.18. The Kier molecular flexibility index (Phi) is 5.90. The third-order valence-corrected chi connectivity index (χ3v) is 5.09. The van der Waals surface area contributed by atoms with Crippen molar-refractivity contribution in [1.29, 1.82) is 0 Å². The molecule has 0 amide bonds. The van der Waals surface area contributed by atoms with Crippen LogP contribution >= 0.6 is 11.6 Å². The Hall–Kier alpha value is -1.39. The van der Waals surface area contributed by atoms with Crippen molar-refractivity contribution in [2.45, 2.75) is 57.6 Å².